The highest BCUT2D eigenvalue weighted by Crippen LogP contribution is 2.25. The molecule has 2 atom stereocenters. The normalized spacial score (nSPS) is 12.9. The second-order valence-corrected chi connectivity index (χ2v) is 6.70. The number of aryl methyl sites for hydroxylation is 4. The van der Waals surface area contributed by atoms with E-state index in [0.717, 1.165) is 33.4 Å². The Labute approximate surface area is 171 Å². The number of benzene rings is 2. The van der Waals surface area contributed by atoms with Crippen molar-refractivity contribution in [3.05, 3.63) is 69.8 Å². The average Bonchev–Trinajstić information content (AvgIpc) is 2.57. The smallest absolute Gasteiger partial charge is 0.246 e. The molecular weight excluding hydrogens is 376 g/mol. The number of aliphatic imine (C=N–C) groups is 1. The van der Waals surface area contributed by atoms with Crippen LogP contribution in [0.2, 0.25) is 0 Å². The fourth-order valence-corrected chi connectivity index (χ4v) is 3.33. The van der Waals surface area contributed by atoms with Gasteiger partial charge < -0.3 is 16.8 Å². The Morgan fingerprint density at radius 1 is 0.857 bits per heavy atom. The maximum absolute atomic E-state index is 12.0. The molecule has 0 aromatic heterocycles. The van der Waals surface area contributed by atoms with Gasteiger partial charge in [0.2, 0.25) is 11.8 Å². The van der Waals surface area contributed by atoms with Crippen LogP contribution >= 0.6 is 12.4 Å². The average molecular weight is 403 g/mol. The molecule has 0 aliphatic heterocycles. The lowest BCUT2D eigenvalue weighted by Crippen LogP contribution is -2.34. The number of carbonyl (C=O) groups is 2. The number of primary amides is 2. The van der Waals surface area contributed by atoms with E-state index in [9.17, 15) is 9.59 Å². The van der Waals surface area contributed by atoms with E-state index in [0.29, 0.717) is 0 Å². The zero-order valence-electron chi connectivity index (χ0n) is 16.5. The Hall–Kier alpha value is -2.86. The first-order valence-corrected chi connectivity index (χ1v) is 8.72. The molecule has 0 bridgehead atoms. The summed E-state index contributed by atoms with van der Waals surface area (Å²) >= 11 is 0. The summed E-state index contributed by atoms with van der Waals surface area (Å²) in [5.41, 5.74) is 16.5. The molecule has 0 saturated carbocycles. The van der Waals surface area contributed by atoms with Crippen molar-refractivity contribution >= 4 is 30.6 Å². The summed E-state index contributed by atoms with van der Waals surface area (Å²) < 4.78 is 0. The van der Waals surface area contributed by atoms with Crippen LogP contribution in [-0.4, -0.2) is 18.2 Å². The molecule has 5 N–H and O–H groups in total. The molecule has 2 aromatic rings. The quantitative estimate of drug-likeness (QED) is 0.489. The van der Waals surface area contributed by atoms with Crippen molar-refractivity contribution in [2.75, 3.05) is 0 Å². The van der Waals surface area contributed by atoms with Gasteiger partial charge in [0.15, 0.2) is 6.04 Å². The molecule has 0 aliphatic carbocycles. The highest BCUT2D eigenvalue weighted by Gasteiger charge is 2.22. The number of hydrogen-bond donors (Lipinski definition) is 3. The minimum Gasteiger partial charge on any atom is -0.368 e. The lowest BCUT2D eigenvalue weighted by molar-refractivity contribution is -0.120. The predicted octanol–water partition coefficient (Wildman–Crippen LogP) is 2.71. The van der Waals surface area contributed by atoms with Crippen molar-refractivity contribution in [1.82, 2.24) is 5.32 Å². The Kier molecular flexibility index (Phi) is 8.19. The van der Waals surface area contributed by atoms with E-state index in [-0.39, 0.29) is 12.4 Å². The van der Waals surface area contributed by atoms with Gasteiger partial charge in [-0.1, -0.05) is 36.4 Å². The van der Waals surface area contributed by atoms with Crippen molar-refractivity contribution in [2.45, 2.75) is 39.8 Å². The van der Waals surface area contributed by atoms with Gasteiger partial charge in [0.1, 0.15) is 6.04 Å². The molecule has 0 radical (unpaired) electrons. The SMILES string of the molecule is Cc1cccc(C)c1C(N=CNC(C(N)=O)c1c(C)cccc1C)C(N)=O.Cl. The van der Waals surface area contributed by atoms with Crippen LogP contribution in [0.1, 0.15) is 45.5 Å². The molecule has 2 amide bonds. The fourth-order valence-electron chi connectivity index (χ4n) is 3.33. The van der Waals surface area contributed by atoms with Crippen molar-refractivity contribution in [3.63, 3.8) is 0 Å². The van der Waals surface area contributed by atoms with E-state index in [2.05, 4.69) is 10.3 Å². The number of amides is 2. The van der Waals surface area contributed by atoms with Crippen LogP contribution in [0.3, 0.4) is 0 Å². The van der Waals surface area contributed by atoms with Gasteiger partial charge in [-0.05, 0) is 61.1 Å². The highest BCUT2D eigenvalue weighted by molar-refractivity contribution is 5.86. The van der Waals surface area contributed by atoms with Gasteiger partial charge in [-0.2, -0.15) is 0 Å². The van der Waals surface area contributed by atoms with E-state index < -0.39 is 23.9 Å². The molecule has 7 heteroatoms. The van der Waals surface area contributed by atoms with E-state index in [4.69, 9.17) is 11.5 Å². The van der Waals surface area contributed by atoms with Crippen molar-refractivity contribution in [3.8, 4) is 0 Å². The predicted molar refractivity (Wildman–Crippen MR) is 115 cm³/mol. The summed E-state index contributed by atoms with van der Waals surface area (Å²) in [5, 5.41) is 2.94. The van der Waals surface area contributed by atoms with Crippen LogP contribution in [0, 0.1) is 27.7 Å². The van der Waals surface area contributed by atoms with Crippen molar-refractivity contribution in [2.24, 2.45) is 16.5 Å². The second kappa shape index (κ2) is 9.90. The lowest BCUT2D eigenvalue weighted by atomic mass is 9.95. The van der Waals surface area contributed by atoms with Crippen LogP contribution < -0.4 is 16.8 Å². The van der Waals surface area contributed by atoms with Crippen molar-refractivity contribution in [1.29, 1.82) is 0 Å². The van der Waals surface area contributed by atoms with Gasteiger partial charge >= 0.3 is 0 Å². The largest absolute Gasteiger partial charge is 0.368 e. The third kappa shape index (κ3) is 5.10. The molecule has 0 saturated heterocycles. The van der Waals surface area contributed by atoms with Gasteiger partial charge in [-0.25, -0.2) is 0 Å². The fraction of sp³-hybridized carbons (Fsp3) is 0.286. The van der Waals surface area contributed by atoms with Crippen LogP contribution in [-0.2, 0) is 9.59 Å². The molecule has 150 valence electrons. The first kappa shape index (κ1) is 23.2. The number of nitrogens with zero attached hydrogens (tertiary/aromatic N) is 1. The van der Waals surface area contributed by atoms with Gasteiger partial charge in [-0.3, -0.25) is 14.6 Å². The zero-order valence-corrected chi connectivity index (χ0v) is 17.3. The Morgan fingerprint density at radius 2 is 1.29 bits per heavy atom. The molecule has 2 unspecified atom stereocenters. The summed E-state index contributed by atoms with van der Waals surface area (Å²) in [4.78, 5) is 28.3. The molecule has 0 spiro atoms. The first-order valence-electron chi connectivity index (χ1n) is 8.72. The summed E-state index contributed by atoms with van der Waals surface area (Å²) in [7, 11) is 0. The summed E-state index contributed by atoms with van der Waals surface area (Å²) in [6, 6.07) is 9.89. The van der Waals surface area contributed by atoms with Crippen LogP contribution in [0.25, 0.3) is 0 Å². The van der Waals surface area contributed by atoms with Crippen LogP contribution in [0.4, 0.5) is 0 Å². The Morgan fingerprint density at radius 3 is 1.68 bits per heavy atom. The van der Waals surface area contributed by atoms with Crippen molar-refractivity contribution < 1.29 is 9.59 Å². The van der Waals surface area contributed by atoms with Gasteiger partial charge in [0.25, 0.3) is 0 Å². The molecule has 0 aliphatic rings. The minimum atomic E-state index is -0.842. The number of halogens is 1. The van der Waals surface area contributed by atoms with Gasteiger partial charge in [-0.15, -0.1) is 12.4 Å². The maximum atomic E-state index is 12.0. The first-order chi connectivity index (χ1) is 12.7. The third-order valence-corrected chi connectivity index (χ3v) is 4.67. The van der Waals surface area contributed by atoms with Gasteiger partial charge in [0, 0.05) is 0 Å². The molecule has 0 fully saturated rings. The van der Waals surface area contributed by atoms with Crippen LogP contribution in [0.15, 0.2) is 41.4 Å². The molecule has 2 rings (SSSR count). The second-order valence-electron chi connectivity index (χ2n) is 6.70. The zero-order chi connectivity index (χ0) is 20.1. The minimum absolute atomic E-state index is 0. The topological polar surface area (TPSA) is 111 Å². The summed E-state index contributed by atoms with van der Waals surface area (Å²) in [6.07, 6.45) is 1.35. The molecule has 28 heavy (non-hydrogen) atoms. The summed E-state index contributed by atoms with van der Waals surface area (Å²) in [5.74, 6) is -1.09. The molecule has 6 nitrogen and oxygen atoms in total. The molecular formula is C21H27ClN4O2. The van der Waals surface area contributed by atoms with E-state index in [1.54, 1.807) is 0 Å². The summed E-state index contributed by atoms with van der Waals surface area (Å²) in [6.45, 7) is 7.65. The maximum Gasteiger partial charge on any atom is 0.246 e. The number of nitrogens with two attached hydrogens (primary N) is 2. The third-order valence-electron chi connectivity index (χ3n) is 4.67. The monoisotopic (exact) mass is 402 g/mol. The van der Waals surface area contributed by atoms with Crippen LogP contribution in [0.5, 0.6) is 0 Å². The van der Waals surface area contributed by atoms with Gasteiger partial charge in [0.05, 0.1) is 6.34 Å². The molecule has 2 aromatic carbocycles. The van der Waals surface area contributed by atoms with E-state index >= 15 is 0 Å². The molecule has 0 heterocycles. The number of nitrogens with one attached hydrogen (secondary N) is 1. The Bertz CT molecular complexity index is 855. The standard InChI is InChI=1S/C21H26N4O2.ClH/c1-12-7-5-8-13(2)16(12)18(20(22)26)24-11-25-19(21(23)27)17-14(3)9-6-10-15(17)4;/h5-11,18-19H,1-4H3,(H2,22,26)(H2,23,27)(H,24,25);1H. The Balaban J connectivity index is 0.00000392. The number of carbonyl (C=O) groups excluding carboxylic acids is 2. The van der Waals surface area contributed by atoms with E-state index in [1.165, 1.54) is 6.34 Å². The number of hydrogen-bond acceptors (Lipinski definition) is 3. The highest BCUT2D eigenvalue weighted by atomic mass is 35.5. The van der Waals surface area contributed by atoms with E-state index in [1.807, 2.05) is 64.1 Å². The lowest BCUT2D eigenvalue weighted by Gasteiger charge is -2.19. The number of rotatable bonds is 7.